The van der Waals surface area contributed by atoms with Crippen LogP contribution in [0, 0.1) is 12.8 Å². The molecule has 1 amide bonds. The second-order valence-corrected chi connectivity index (χ2v) is 11.0. The molecule has 3 aromatic rings. The van der Waals surface area contributed by atoms with Crippen LogP contribution in [-0.2, 0) is 11.3 Å². The summed E-state index contributed by atoms with van der Waals surface area (Å²) in [4.78, 5) is 17.1. The molecule has 1 aliphatic rings. The Kier molecular flexibility index (Phi) is 8.36. The highest BCUT2D eigenvalue weighted by Crippen LogP contribution is 2.33. The number of carbonyl (C=O) groups excluding carboxylic acids is 1. The van der Waals surface area contributed by atoms with Crippen molar-refractivity contribution in [3.05, 3.63) is 88.4 Å². The number of hydrogen-bond acceptors (Lipinski definition) is 3. The molecular formula is C29H33ClN2OS. The summed E-state index contributed by atoms with van der Waals surface area (Å²) in [5.74, 6) is 0.602. The first-order valence-electron chi connectivity index (χ1n) is 12.0. The van der Waals surface area contributed by atoms with Crippen LogP contribution < -0.4 is 5.32 Å². The Balaban J connectivity index is 1.31. The Morgan fingerprint density at radius 1 is 1.00 bits per heavy atom. The third-order valence-electron chi connectivity index (χ3n) is 6.48. The average molecular weight is 493 g/mol. The van der Waals surface area contributed by atoms with Crippen LogP contribution in [0.4, 0.5) is 5.69 Å². The molecule has 0 spiro atoms. The van der Waals surface area contributed by atoms with Crippen molar-refractivity contribution in [3.63, 3.8) is 0 Å². The van der Waals surface area contributed by atoms with Gasteiger partial charge in [0.1, 0.15) is 0 Å². The van der Waals surface area contributed by atoms with Crippen molar-refractivity contribution in [2.24, 2.45) is 5.92 Å². The normalized spacial score (nSPS) is 15.0. The molecule has 0 atom stereocenters. The van der Waals surface area contributed by atoms with E-state index in [1.54, 1.807) is 11.8 Å². The molecule has 5 heteroatoms. The van der Waals surface area contributed by atoms with E-state index in [1.807, 2.05) is 32.0 Å². The fourth-order valence-electron chi connectivity index (χ4n) is 4.41. The first kappa shape index (κ1) is 24.8. The molecule has 1 N–H and O–H groups in total. The van der Waals surface area contributed by atoms with Gasteiger partial charge in [-0.05, 0) is 104 Å². The molecule has 0 unspecified atom stereocenters. The minimum absolute atomic E-state index is 0.0157. The number of likely N-dealkylation sites (tertiary alicyclic amines) is 1. The fourth-order valence-corrected chi connectivity index (χ4v) is 5.35. The summed E-state index contributed by atoms with van der Waals surface area (Å²) in [6.07, 6.45) is 2.29. The number of piperidine rings is 1. The number of benzene rings is 3. The molecule has 34 heavy (non-hydrogen) atoms. The van der Waals surface area contributed by atoms with Gasteiger partial charge in [0.05, 0.1) is 0 Å². The van der Waals surface area contributed by atoms with Crippen LogP contribution in [0.5, 0.6) is 0 Å². The Morgan fingerprint density at radius 2 is 1.62 bits per heavy atom. The van der Waals surface area contributed by atoms with Gasteiger partial charge >= 0.3 is 0 Å². The number of anilines is 1. The number of aryl methyl sites for hydroxylation is 1. The molecule has 1 heterocycles. The molecule has 0 aliphatic carbocycles. The highest BCUT2D eigenvalue weighted by Gasteiger charge is 2.22. The molecule has 3 nitrogen and oxygen atoms in total. The van der Waals surface area contributed by atoms with Gasteiger partial charge in [0.25, 0.3) is 0 Å². The lowest BCUT2D eigenvalue weighted by atomic mass is 9.86. The third-order valence-corrected chi connectivity index (χ3v) is 7.75. The fraction of sp³-hybridized carbons (Fsp3) is 0.345. The Morgan fingerprint density at radius 3 is 2.24 bits per heavy atom. The molecular weight excluding hydrogens is 460 g/mol. The number of halogens is 1. The summed E-state index contributed by atoms with van der Waals surface area (Å²) in [6.45, 7) is 9.20. The van der Waals surface area contributed by atoms with Crippen LogP contribution >= 0.6 is 23.4 Å². The minimum Gasteiger partial charge on any atom is -0.326 e. The molecule has 0 radical (unpaired) electrons. The summed E-state index contributed by atoms with van der Waals surface area (Å²) < 4.78 is 0. The van der Waals surface area contributed by atoms with E-state index in [4.69, 9.17) is 11.6 Å². The van der Waals surface area contributed by atoms with Crippen molar-refractivity contribution in [1.82, 2.24) is 4.90 Å². The van der Waals surface area contributed by atoms with E-state index >= 15 is 0 Å². The van der Waals surface area contributed by atoms with Gasteiger partial charge in [-0.2, -0.15) is 0 Å². The van der Waals surface area contributed by atoms with Gasteiger partial charge in [-0.15, -0.1) is 0 Å². The van der Waals surface area contributed by atoms with Crippen LogP contribution in [-0.4, -0.2) is 23.9 Å². The topological polar surface area (TPSA) is 32.3 Å². The number of hydrogen-bond donors (Lipinski definition) is 1. The van der Waals surface area contributed by atoms with Crippen molar-refractivity contribution in [3.8, 4) is 0 Å². The van der Waals surface area contributed by atoms with E-state index in [1.165, 1.54) is 26.5 Å². The van der Waals surface area contributed by atoms with E-state index in [0.717, 1.165) is 43.2 Å². The summed E-state index contributed by atoms with van der Waals surface area (Å²) in [5.41, 5.74) is 4.96. The zero-order valence-electron chi connectivity index (χ0n) is 20.2. The van der Waals surface area contributed by atoms with Crippen LogP contribution in [0.15, 0.2) is 76.5 Å². The minimum atomic E-state index is -0.0157. The van der Waals surface area contributed by atoms with Crippen molar-refractivity contribution in [2.45, 2.75) is 55.9 Å². The number of carbonyl (C=O) groups is 1. The predicted molar refractivity (Wildman–Crippen MR) is 144 cm³/mol. The van der Waals surface area contributed by atoms with E-state index in [2.05, 4.69) is 65.7 Å². The summed E-state index contributed by atoms with van der Waals surface area (Å²) in [7, 11) is 0. The Hall–Kier alpha value is -2.27. The SMILES string of the molecule is Cc1ccc(NC(=O)C(C)C)cc1C1CCN(Cc2ccc(Sc3ccc(Cl)cc3)cc2)CC1. The van der Waals surface area contributed by atoms with Crippen LogP contribution in [0.25, 0.3) is 0 Å². The highest BCUT2D eigenvalue weighted by atomic mass is 35.5. The van der Waals surface area contributed by atoms with E-state index < -0.39 is 0 Å². The van der Waals surface area contributed by atoms with Crippen LogP contribution in [0.3, 0.4) is 0 Å². The second kappa shape index (κ2) is 11.4. The predicted octanol–water partition coefficient (Wildman–Crippen LogP) is 7.77. The van der Waals surface area contributed by atoms with E-state index in [9.17, 15) is 4.79 Å². The standard InChI is InChI=1S/C29H33ClN2OS/c1-20(2)29(33)31-25-9-4-21(3)28(18-25)23-14-16-32(17-15-23)19-22-5-10-26(11-6-22)34-27-12-7-24(30)8-13-27/h4-13,18,20,23H,14-17,19H2,1-3H3,(H,31,33). The quantitative estimate of drug-likeness (QED) is 0.365. The number of amides is 1. The Bertz CT molecular complexity index is 1100. The summed E-state index contributed by atoms with van der Waals surface area (Å²) in [5, 5.41) is 3.82. The first-order chi connectivity index (χ1) is 16.4. The van der Waals surface area contributed by atoms with Gasteiger partial charge in [0.15, 0.2) is 0 Å². The second-order valence-electron chi connectivity index (χ2n) is 9.47. The molecule has 0 saturated carbocycles. The maximum absolute atomic E-state index is 12.1. The van der Waals surface area contributed by atoms with E-state index in [0.29, 0.717) is 5.92 Å². The van der Waals surface area contributed by atoms with E-state index in [-0.39, 0.29) is 11.8 Å². The van der Waals surface area contributed by atoms with Crippen LogP contribution in [0.1, 0.15) is 49.3 Å². The largest absolute Gasteiger partial charge is 0.326 e. The molecule has 1 fully saturated rings. The smallest absolute Gasteiger partial charge is 0.226 e. The molecule has 0 aromatic heterocycles. The number of rotatable bonds is 7. The first-order valence-corrected chi connectivity index (χ1v) is 13.2. The number of nitrogens with one attached hydrogen (secondary N) is 1. The summed E-state index contributed by atoms with van der Waals surface area (Å²) in [6, 6.07) is 23.2. The van der Waals surface area contributed by atoms with Gasteiger partial charge in [-0.3, -0.25) is 9.69 Å². The summed E-state index contributed by atoms with van der Waals surface area (Å²) >= 11 is 7.74. The van der Waals surface area contributed by atoms with Gasteiger partial charge in [0, 0.05) is 33.0 Å². The molecule has 4 rings (SSSR count). The molecule has 1 aliphatic heterocycles. The van der Waals surface area contributed by atoms with Gasteiger partial charge in [-0.1, -0.05) is 55.4 Å². The molecule has 1 saturated heterocycles. The maximum Gasteiger partial charge on any atom is 0.226 e. The highest BCUT2D eigenvalue weighted by molar-refractivity contribution is 7.99. The van der Waals surface area contributed by atoms with Gasteiger partial charge < -0.3 is 5.32 Å². The van der Waals surface area contributed by atoms with Crippen molar-refractivity contribution in [1.29, 1.82) is 0 Å². The van der Waals surface area contributed by atoms with Crippen molar-refractivity contribution >= 4 is 35.0 Å². The maximum atomic E-state index is 12.1. The zero-order valence-corrected chi connectivity index (χ0v) is 21.8. The Labute approximate surface area is 212 Å². The monoisotopic (exact) mass is 492 g/mol. The van der Waals surface area contributed by atoms with Gasteiger partial charge in [0.2, 0.25) is 5.91 Å². The van der Waals surface area contributed by atoms with Crippen molar-refractivity contribution in [2.75, 3.05) is 18.4 Å². The molecule has 178 valence electrons. The van der Waals surface area contributed by atoms with Crippen LogP contribution in [0.2, 0.25) is 5.02 Å². The zero-order chi connectivity index (χ0) is 24.1. The molecule has 0 bridgehead atoms. The van der Waals surface area contributed by atoms with Gasteiger partial charge in [-0.25, -0.2) is 0 Å². The lowest BCUT2D eigenvalue weighted by molar-refractivity contribution is -0.118. The third kappa shape index (κ3) is 6.65. The number of nitrogens with zero attached hydrogens (tertiary/aromatic N) is 1. The van der Waals surface area contributed by atoms with Crippen molar-refractivity contribution < 1.29 is 4.79 Å². The lowest BCUT2D eigenvalue weighted by Gasteiger charge is -2.33. The lowest BCUT2D eigenvalue weighted by Crippen LogP contribution is -2.32. The molecule has 3 aromatic carbocycles. The average Bonchev–Trinajstić information content (AvgIpc) is 2.83.